The number of hydrogen-bond acceptors (Lipinski definition) is 4. The van der Waals surface area contributed by atoms with Crippen LogP contribution in [0.3, 0.4) is 0 Å². The molecule has 0 amide bonds. The third kappa shape index (κ3) is 3.73. The zero-order valence-electron chi connectivity index (χ0n) is 11.7. The Kier molecular flexibility index (Phi) is 5.07. The van der Waals surface area contributed by atoms with Crippen molar-refractivity contribution in [3.05, 3.63) is 28.8 Å². The molecule has 0 aliphatic heterocycles. The molecule has 0 heterocycles. The molecule has 0 bridgehead atoms. The molecule has 6 heteroatoms. The van der Waals surface area contributed by atoms with Crippen LogP contribution in [-0.4, -0.2) is 33.4 Å². The molecule has 0 spiro atoms. The third-order valence-corrected chi connectivity index (χ3v) is 5.08. The number of halogens is 1. The van der Waals surface area contributed by atoms with Crippen molar-refractivity contribution in [3.8, 4) is 0 Å². The summed E-state index contributed by atoms with van der Waals surface area (Å²) in [5, 5.41) is 3.84. The largest absolute Gasteiger partial charge is 0.378 e. The van der Waals surface area contributed by atoms with E-state index in [4.69, 9.17) is 16.3 Å². The maximum atomic E-state index is 11.8. The summed E-state index contributed by atoms with van der Waals surface area (Å²) < 4.78 is 29.0. The highest BCUT2D eigenvalue weighted by molar-refractivity contribution is 7.90. The molecule has 112 valence electrons. The van der Waals surface area contributed by atoms with E-state index in [0.717, 1.165) is 19.4 Å². The van der Waals surface area contributed by atoms with Gasteiger partial charge in [-0.1, -0.05) is 17.7 Å². The number of benzene rings is 1. The van der Waals surface area contributed by atoms with Gasteiger partial charge in [0.2, 0.25) is 0 Å². The SMILES string of the molecule is CCOC1CC(NCc2c(Cl)cccc2S(C)(=O)=O)C1. The molecule has 20 heavy (non-hydrogen) atoms. The summed E-state index contributed by atoms with van der Waals surface area (Å²) in [6, 6.07) is 5.35. The lowest BCUT2D eigenvalue weighted by Crippen LogP contribution is -2.45. The molecule has 0 unspecified atom stereocenters. The molecule has 0 saturated heterocycles. The first-order valence-corrected chi connectivity index (χ1v) is 9.01. The van der Waals surface area contributed by atoms with Gasteiger partial charge in [0.1, 0.15) is 0 Å². The highest BCUT2D eigenvalue weighted by Crippen LogP contribution is 2.27. The van der Waals surface area contributed by atoms with Crippen molar-refractivity contribution in [2.75, 3.05) is 12.9 Å². The highest BCUT2D eigenvalue weighted by Gasteiger charge is 2.29. The van der Waals surface area contributed by atoms with Gasteiger partial charge in [0.05, 0.1) is 11.0 Å². The first-order chi connectivity index (χ1) is 9.41. The second kappa shape index (κ2) is 6.43. The second-order valence-electron chi connectivity index (χ2n) is 5.12. The summed E-state index contributed by atoms with van der Waals surface area (Å²) >= 11 is 6.13. The molecule has 4 nitrogen and oxygen atoms in total. The number of sulfone groups is 1. The Morgan fingerprint density at radius 1 is 1.40 bits per heavy atom. The van der Waals surface area contributed by atoms with Crippen molar-refractivity contribution in [1.82, 2.24) is 5.32 Å². The second-order valence-corrected chi connectivity index (χ2v) is 7.51. The van der Waals surface area contributed by atoms with Crippen molar-refractivity contribution < 1.29 is 13.2 Å². The number of hydrogen-bond donors (Lipinski definition) is 1. The van der Waals surface area contributed by atoms with Gasteiger partial charge in [-0.05, 0) is 31.9 Å². The number of rotatable bonds is 6. The van der Waals surface area contributed by atoms with E-state index in [-0.39, 0.29) is 0 Å². The van der Waals surface area contributed by atoms with Crippen molar-refractivity contribution >= 4 is 21.4 Å². The Labute approximate surface area is 125 Å². The van der Waals surface area contributed by atoms with Crippen LogP contribution in [0.25, 0.3) is 0 Å². The van der Waals surface area contributed by atoms with E-state index >= 15 is 0 Å². The summed E-state index contributed by atoms with van der Waals surface area (Å²) in [5.74, 6) is 0. The zero-order valence-corrected chi connectivity index (χ0v) is 13.3. The van der Waals surface area contributed by atoms with E-state index in [1.54, 1.807) is 18.2 Å². The lowest BCUT2D eigenvalue weighted by molar-refractivity contribution is -0.0102. The maximum absolute atomic E-state index is 11.8. The van der Waals surface area contributed by atoms with Crippen LogP contribution in [0.4, 0.5) is 0 Å². The lowest BCUT2D eigenvalue weighted by Gasteiger charge is -2.35. The predicted octanol–water partition coefficient (Wildman–Crippen LogP) is 2.40. The van der Waals surface area contributed by atoms with Crippen LogP contribution < -0.4 is 5.32 Å². The molecule has 2 rings (SSSR count). The molecule has 1 N–H and O–H groups in total. The van der Waals surface area contributed by atoms with Crippen LogP contribution in [0.2, 0.25) is 5.02 Å². The summed E-state index contributed by atoms with van der Waals surface area (Å²) in [5.41, 5.74) is 0.650. The van der Waals surface area contributed by atoms with E-state index in [0.29, 0.717) is 34.2 Å². The molecule has 1 saturated carbocycles. The fourth-order valence-corrected chi connectivity index (χ4v) is 3.66. The van der Waals surface area contributed by atoms with Gasteiger partial charge in [0, 0.05) is 36.0 Å². The quantitative estimate of drug-likeness (QED) is 0.875. The van der Waals surface area contributed by atoms with Crippen molar-refractivity contribution in [2.24, 2.45) is 0 Å². The first-order valence-electron chi connectivity index (χ1n) is 6.74. The Hall–Kier alpha value is -0.620. The Balaban J connectivity index is 2.00. The van der Waals surface area contributed by atoms with Crippen LogP contribution >= 0.6 is 11.6 Å². The molecule has 1 aromatic carbocycles. The maximum Gasteiger partial charge on any atom is 0.175 e. The monoisotopic (exact) mass is 317 g/mol. The summed E-state index contributed by atoms with van der Waals surface area (Å²) in [6.45, 7) is 3.19. The van der Waals surface area contributed by atoms with Gasteiger partial charge in [0.15, 0.2) is 9.84 Å². The molecule has 1 aromatic rings. The van der Waals surface area contributed by atoms with E-state index < -0.39 is 9.84 Å². The summed E-state index contributed by atoms with van der Waals surface area (Å²) in [4.78, 5) is 0.304. The molecular weight excluding hydrogens is 298 g/mol. The molecular formula is C14H20ClNO3S. The van der Waals surface area contributed by atoms with E-state index in [9.17, 15) is 8.42 Å². The van der Waals surface area contributed by atoms with Crippen molar-refractivity contribution in [1.29, 1.82) is 0 Å². The van der Waals surface area contributed by atoms with Crippen molar-refractivity contribution in [3.63, 3.8) is 0 Å². The van der Waals surface area contributed by atoms with Crippen LogP contribution in [0, 0.1) is 0 Å². The molecule has 0 radical (unpaired) electrons. The van der Waals surface area contributed by atoms with E-state index in [2.05, 4.69) is 5.32 Å². The minimum atomic E-state index is -3.26. The Morgan fingerprint density at radius 2 is 2.10 bits per heavy atom. The number of ether oxygens (including phenoxy) is 1. The standard InChI is InChI=1S/C14H20ClNO3S/c1-3-19-11-7-10(8-11)16-9-12-13(15)5-4-6-14(12)20(2,17)18/h4-6,10-11,16H,3,7-9H2,1-2H3. The van der Waals surface area contributed by atoms with Crippen LogP contribution in [-0.2, 0) is 21.1 Å². The van der Waals surface area contributed by atoms with Gasteiger partial charge in [-0.15, -0.1) is 0 Å². The van der Waals surface area contributed by atoms with Crippen LogP contribution in [0.1, 0.15) is 25.3 Å². The van der Waals surface area contributed by atoms with Crippen LogP contribution in [0.15, 0.2) is 23.1 Å². The molecule has 0 aromatic heterocycles. The van der Waals surface area contributed by atoms with Gasteiger partial charge in [-0.3, -0.25) is 0 Å². The number of nitrogens with one attached hydrogen (secondary N) is 1. The Bertz CT molecular complexity index is 568. The van der Waals surface area contributed by atoms with Crippen molar-refractivity contribution in [2.45, 2.75) is 43.4 Å². The summed E-state index contributed by atoms with van der Waals surface area (Å²) in [7, 11) is -3.26. The lowest BCUT2D eigenvalue weighted by atomic mass is 9.89. The van der Waals surface area contributed by atoms with Gasteiger partial charge in [0.25, 0.3) is 0 Å². The molecule has 0 atom stereocenters. The fourth-order valence-electron chi connectivity index (χ4n) is 2.41. The average Bonchev–Trinajstić information content (AvgIpc) is 2.32. The van der Waals surface area contributed by atoms with Gasteiger partial charge in [-0.2, -0.15) is 0 Å². The van der Waals surface area contributed by atoms with Gasteiger partial charge in [-0.25, -0.2) is 8.42 Å². The third-order valence-electron chi connectivity index (χ3n) is 3.54. The smallest absolute Gasteiger partial charge is 0.175 e. The van der Waals surface area contributed by atoms with E-state index in [1.807, 2.05) is 6.92 Å². The normalized spacial score (nSPS) is 22.6. The van der Waals surface area contributed by atoms with Crippen LogP contribution in [0.5, 0.6) is 0 Å². The highest BCUT2D eigenvalue weighted by atomic mass is 35.5. The minimum Gasteiger partial charge on any atom is -0.378 e. The Morgan fingerprint density at radius 3 is 2.70 bits per heavy atom. The molecule has 1 aliphatic rings. The first kappa shape index (κ1) is 15.8. The van der Waals surface area contributed by atoms with Gasteiger partial charge >= 0.3 is 0 Å². The molecule has 1 aliphatic carbocycles. The zero-order chi connectivity index (χ0) is 14.8. The predicted molar refractivity (Wildman–Crippen MR) is 79.8 cm³/mol. The average molecular weight is 318 g/mol. The topological polar surface area (TPSA) is 55.4 Å². The minimum absolute atomic E-state index is 0.304. The van der Waals surface area contributed by atoms with E-state index in [1.165, 1.54) is 6.26 Å². The summed E-state index contributed by atoms with van der Waals surface area (Å²) in [6.07, 6.45) is 3.47. The van der Waals surface area contributed by atoms with Gasteiger partial charge < -0.3 is 10.1 Å². The fraction of sp³-hybridized carbons (Fsp3) is 0.571. The molecule has 1 fully saturated rings.